The first-order valence-corrected chi connectivity index (χ1v) is 13.0. The lowest BCUT2D eigenvalue weighted by molar-refractivity contribution is -0.170. The van der Waals surface area contributed by atoms with Gasteiger partial charge in [0.05, 0.1) is 43.7 Å². The molecule has 2 aliphatic rings. The highest BCUT2D eigenvalue weighted by atomic mass is 16.6. The second-order valence-electron chi connectivity index (χ2n) is 10.2. The molecule has 0 aromatic rings. The van der Waals surface area contributed by atoms with E-state index in [1.165, 1.54) is 6.08 Å². The number of esters is 1. The molecule has 2 rings (SSSR count). The van der Waals surface area contributed by atoms with Gasteiger partial charge in [0.1, 0.15) is 6.10 Å². The molecule has 2 saturated heterocycles. The lowest BCUT2D eigenvalue weighted by Crippen LogP contribution is -2.48. The van der Waals surface area contributed by atoms with Crippen LogP contribution in [0.3, 0.4) is 0 Å². The fourth-order valence-corrected chi connectivity index (χ4v) is 4.78. The lowest BCUT2D eigenvalue weighted by atomic mass is 9.87. The van der Waals surface area contributed by atoms with Crippen molar-refractivity contribution < 1.29 is 44.2 Å². The number of carbonyl (C=O) groups is 2. The molecule has 8 atom stereocenters. The van der Waals surface area contributed by atoms with Crippen LogP contribution in [0, 0.1) is 11.8 Å². The van der Waals surface area contributed by atoms with Crippen LogP contribution in [0.2, 0.25) is 0 Å². The summed E-state index contributed by atoms with van der Waals surface area (Å²) in [5.74, 6) is -1.53. The standard InChI is InChI=1S/C26H44O9/c1-16(13-23(30)33-11-9-7-5-4-6-8-10-22(28)29)12-20-25(32)26-19(15-34-20)14-21(35-26)24(31)17(2)18(3)27/h13,17-21,24-27,31-32H,4-12,14-15H2,1-3H3,(H,28,29)/b16-13+/t17-,18-,19-,20-,21+,24?,25-,26?/m0/s1. The van der Waals surface area contributed by atoms with Crippen molar-refractivity contribution in [2.45, 2.75) is 115 Å². The number of hydrogen-bond acceptors (Lipinski definition) is 8. The maximum atomic E-state index is 12.1. The van der Waals surface area contributed by atoms with Gasteiger partial charge < -0.3 is 34.6 Å². The number of aliphatic hydroxyl groups excluding tert-OH is 3. The molecule has 0 aromatic heterocycles. The molecule has 2 heterocycles. The maximum absolute atomic E-state index is 12.1. The molecular weight excluding hydrogens is 456 g/mol. The summed E-state index contributed by atoms with van der Waals surface area (Å²) >= 11 is 0. The van der Waals surface area contributed by atoms with E-state index in [0.717, 1.165) is 37.7 Å². The molecule has 4 N–H and O–H groups in total. The quantitative estimate of drug-likeness (QED) is 0.152. The Bertz CT molecular complexity index is 692. The molecule has 9 nitrogen and oxygen atoms in total. The Morgan fingerprint density at radius 2 is 1.74 bits per heavy atom. The van der Waals surface area contributed by atoms with Gasteiger partial charge in [-0.05, 0) is 39.5 Å². The van der Waals surface area contributed by atoms with E-state index in [1.54, 1.807) is 20.8 Å². The molecule has 2 unspecified atom stereocenters. The zero-order chi connectivity index (χ0) is 26.0. The molecule has 9 heteroatoms. The summed E-state index contributed by atoms with van der Waals surface area (Å²) in [6, 6.07) is 0. The summed E-state index contributed by atoms with van der Waals surface area (Å²) < 4.78 is 17.1. The predicted molar refractivity (Wildman–Crippen MR) is 129 cm³/mol. The third-order valence-electron chi connectivity index (χ3n) is 7.17. The molecule has 202 valence electrons. The Morgan fingerprint density at radius 3 is 2.40 bits per heavy atom. The van der Waals surface area contributed by atoms with E-state index in [1.807, 2.05) is 0 Å². The van der Waals surface area contributed by atoms with Gasteiger partial charge >= 0.3 is 11.9 Å². The third kappa shape index (κ3) is 9.80. The minimum absolute atomic E-state index is 0.0199. The highest BCUT2D eigenvalue weighted by Crippen LogP contribution is 2.38. The molecule has 0 aliphatic carbocycles. The van der Waals surface area contributed by atoms with Crippen molar-refractivity contribution in [2.75, 3.05) is 13.2 Å². The van der Waals surface area contributed by atoms with Crippen LogP contribution in [-0.2, 0) is 23.8 Å². The van der Waals surface area contributed by atoms with Crippen molar-refractivity contribution in [1.82, 2.24) is 0 Å². The van der Waals surface area contributed by atoms with Crippen molar-refractivity contribution in [2.24, 2.45) is 11.8 Å². The van der Waals surface area contributed by atoms with Gasteiger partial charge in [-0.15, -0.1) is 0 Å². The highest BCUT2D eigenvalue weighted by molar-refractivity contribution is 5.82. The summed E-state index contributed by atoms with van der Waals surface area (Å²) in [6.07, 6.45) is 4.09. The third-order valence-corrected chi connectivity index (χ3v) is 7.17. The summed E-state index contributed by atoms with van der Waals surface area (Å²) in [7, 11) is 0. The molecule has 0 radical (unpaired) electrons. The summed E-state index contributed by atoms with van der Waals surface area (Å²) in [6.45, 7) is 5.96. The van der Waals surface area contributed by atoms with E-state index in [9.17, 15) is 24.9 Å². The van der Waals surface area contributed by atoms with E-state index in [4.69, 9.17) is 19.3 Å². The number of unbranched alkanes of at least 4 members (excludes halogenated alkanes) is 5. The van der Waals surface area contributed by atoms with Gasteiger partial charge in [-0.1, -0.05) is 38.2 Å². The second kappa shape index (κ2) is 14.9. The lowest BCUT2D eigenvalue weighted by Gasteiger charge is -2.36. The Morgan fingerprint density at radius 1 is 1.09 bits per heavy atom. The van der Waals surface area contributed by atoms with E-state index in [0.29, 0.717) is 32.5 Å². The fourth-order valence-electron chi connectivity index (χ4n) is 4.78. The molecule has 0 saturated carbocycles. The molecule has 0 spiro atoms. The van der Waals surface area contributed by atoms with E-state index < -0.39 is 48.6 Å². The summed E-state index contributed by atoms with van der Waals surface area (Å²) in [4.78, 5) is 22.6. The number of rotatable bonds is 15. The van der Waals surface area contributed by atoms with E-state index in [-0.39, 0.29) is 18.3 Å². The molecule has 35 heavy (non-hydrogen) atoms. The first kappa shape index (κ1) is 29.7. The van der Waals surface area contributed by atoms with Gasteiger partial charge in [0, 0.05) is 24.3 Å². The SMILES string of the molecule is C/C(=C\C(=O)OCCCCCCCCC(=O)O)C[C@@H]1OC[C@@H]2C[C@H](C(O)[C@@H](C)[C@H](C)O)OC2[C@H]1O. The van der Waals surface area contributed by atoms with Crippen LogP contribution >= 0.6 is 0 Å². The molecule has 0 bridgehead atoms. The van der Waals surface area contributed by atoms with Crippen LogP contribution in [0.1, 0.15) is 78.6 Å². The second-order valence-corrected chi connectivity index (χ2v) is 10.2. The average molecular weight is 501 g/mol. The van der Waals surface area contributed by atoms with Crippen molar-refractivity contribution in [3.05, 3.63) is 11.6 Å². The first-order chi connectivity index (χ1) is 16.6. The molecule has 2 aliphatic heterocycles. The highest BCUT2D eigenvalue weighted by Gasteiger charge is 2.48. The van der Waals surface area contributed by atoms with Crippen molar-refractivity contribution in [3.63, 3.8) is 0 Å². The van der Waals surface area contributed by atoms with E-state index in [2.05, 4.69) is 0 Å². The number of ether oxygens (including phenoxy) is 3. The summed E-state index contributed by atoms with van der Waals surface area (Å²) in [5, 5.41) is 39.7. The van der Waals surface area contributed by atoms with Gasteiger partial charge in [0.2, 0.25) is 0 Å². The Balaban J connectivity index is 1.68. The maximum Gasteiger partial charge on any atom is 0.330 e. The zero-order valence-electron chi connectivity index (χ0n) is 21.3. The van der Waals surface area contributed by atoms with Crippen molar-refractivity contribution >= 4 is 11.9 Å². The minimum atomic E-state index is -0.873. The Labute approximate surface area is 208 Å². The van der Waals surface area contributed by atoms with Gasteiger partial charge in [0.15, 0.2) is 0 Å². The van der Waals surface area contributed by atoms with Crippen molar-refractivity contribution in [3.8, 4) is 0 Å². The molecular formula is C26H44O9. The Kier molecular flexibility index (Phi) is 12.6. The number of hydrogen-bond donors (Lipinski definition) is 4. The Hall–Kier alpha value is -1.52. The minimum Gasteiger partial charge on any atom is -0.481 e. The van der Waals surface area contributed by atoms with Crippen LogP contribution in [0.25, 0.3) is 0 Å². The number of carboxylic acids is 1. The van der Waals surface area contributed by atoms with Gasteiger partial charge in [0.25, 0.3) is 0 Å². The van der Waals surface area contributed by atoms with Crippen LogP contribution < -0.4 is 0 Å². The molecule has 0 amide bonds. The normalized spacial score (nSPS) is 29.3. The van der Waals surface area contributed by atoms with E-state index >= 15 is 0 Å². The van der Waals surface area contributed by atoms with Crippen LogP contribution in [0.5, 0.6) is 0 Å². The first-order valence-electron chi connectivity index (χ1n) is 13.0. The zero-order valence-corrected chi connectivity index (χ0v) is 21.3. The van der Waals surface area contributed by atoms with Crippen LogP contribution in [0.15, 0.2) is 11.6 Å². The summed E-state index contributed by atoms with van der Waals surface area (Å²) in [5.41, 5.74) is 0.744. The van der Waals surface area contributed by atoms with Gasteiger partial charge in [-0.25, -0.2) is 4.79 Å². The average Bonchev–Trinajstić information content (AvgIpc) is 3.23. The van der Waals surface area contributed by atoms with Crippen LogP contribution in [-0.4, -0.2) is 82.2 Å². The number of carbonyl (C=O) groups excluding carboxylic acids is 1. The van der Waals surface area contributed by atoms with Gasteiger partial charge in [-0.2, -0.15) is 0 Å². The molecule has 0 aromatic carbocycles. The van der Waals surface area contributed by atoms with Crippen LogP contribution in [0.4, 0.5) is 0 Å². The molecule has 2 fully saturated rings. The van der Waals surface area contributed by atoms with Gasteiger partial charge in [-0.3, -0.25) is 4.79 Å². The largest absolute Gasteiger partial charge is 0.481 e. The predicted octanol–water partition coefficient (Wildman–Crippen LogP) is 2.59. The smallest absolute Gasteiger partial charge is 0.330 e. The number of fused-ring (bicyclic) bond motifs is 1. The number of carboxylic acid groups (broad SMARTS) is 1. The monoisotopic (exact) mass is 500 g/mol. The number of aliphatic hydroxyl groups is 3. The fraction of sp³-hybridized carbons (Fsp3) is 0.846. The topological polar surface area (TPSA) is 143 Å². The van der Waals surface area contributed by atoms with Crippen molar-refractivity contribution in [1.29, 1.82) is 0 Å². The number of aliphatic carboxylic acids is 1.